The van der Waals surface area contributed by atoms with Gasteiger partial charge in [0.15, 0.2) is 0 Å². The van der Waals surface area contributed by atoms with Gasteiger partial charge in [0.25, 0.3) is 0 Å². The van der Waals surface area contributed by atoms with Gasteiger partial charge < -0.3 is 10.1 Å². The largest absolute Gasteiger partial charge is 0.494 e. The number of carbonyl (C=O) groups excluding carboxylic acids is 1. The Morgan fingerprint density at radius 3 is 2.54 bits per heavy atom. The van der Waals surface area contributed by atoms with Crippen molar-refractivity contribution in [1.29, 1.82) is 0 Å². The first-order valence-electron chi connectivity index (χ1n) is 8.05. The van der Waals surface area contributed by atoms with Gasteiger partial charge >= 0.3 is 0 Å². The van der Waals surface area contributed by atoms with Crippen LogP contribution in [-0.2, 0) is 14.8 Å². The molecule has 2 aromatic carbocycles. The van der Waals surface area contributed by atoms with E-state index in [1.165, 1.54) is 19.1 Å². The van der Waals surface area contributed by atoms with Gasteiger partial charge in [-0.25, -0.2) is 8.42 Å². The van der Waals surface area contributed by atoms with Crippen LogP contribution in [0.15, 0.2) is 51.8 Å². The molecule has 0 spiro atoms. The fourth-order valence-electron chi connectivity index (χ4n) is 2.26. The first-order valence-corrected chi connectivity index (χ1v) is 10.3. The summed E-state index contributed by atoms with van der Waals surface area (Å²) < 4.78 is 33.6. The van der Waals surface area contributed by atoms with Crippen LogP contribution in [0.1, 0.15) is 19.4 Å². The highest BCUT2D eigenvalue weighted by molar-refractivity contribution is 9.10. The van der Waals surface area contributed by atoms with E-state index in [4.69, 9.17) is 4.74 Å². The van der Waals surface area contributed by atoms with E-state index in [0.717, 1.165) is 0 Å². The minimum atomic E-state index is -3.84. The maximum atomic E-state index is 12.5. The zero-order valence-corrected chi connectivity index (χ0v) is 17.1. The molecule has 2 rings (SSSR count). The van der Waals surface area contributed by atoms with Crippen LogP contribution in [0.25, 0.3) is 0 Å². The van der Waals surface area contributed by atoms with Gasteiger partial charge in [0.2, 0.25) is 15.9 Å². The fourth-order valence-corrected chi connectivity index (χ4v) is 3.94. The number of aryl methyl sites for hydroxylation is 1. The third-order valence-electron chi connectivity index (χ3n) is 3.61. The van der Waals surface area contributed by atoms with Crippen LogP contribution >= 0.6 is 15.9 Å². The number of ether oxygens (including phenoxy) is 1. The van der Waals surface area contributed by atoms with E-state index in [9.17, 15) is 13.2 Å². The van der Waals surface area contributed by atoms with Gasteiger partial charge in [-0.2, -0.15) is 4.72 Å². The second-order valence-corrected chi connectivity index (χ2v) is 8.24. The second kappa shape index (κ2) is 8.66. The fraction of sp³-hybridized carbons (Fsp3) is 0.278. The van der Waals surface area contributed by atoms with Gasteiger partial charge in [-0.1, -0.05) is 12.1 Å². The van der Waals surface area contributed by atoms with Gasteiger partial charge in [-0.15, -0.1) is 0 Å². The molecule has 0 radical (unpaired) electrons. The molecule has 0 aliphatic heterocycles. The highest BCUT2D eigenvalue weighted by Crippen LogP contribution is 2.23. The molecule has 0 unspecified atom stereocenters. The van der Waals surface area contributed by atoms with Gasteiger partial charge in [0.05, 0.1) is 23.2 Å². The summed E-state index contributed by atoms with van der Waals surface area (Å²) in [5, 5.41) is 2.69. The van der Waals surface area contributed by atoms with Gasteiger partial charge in [0.1, 0.15) is 5.75 Å². The maximum Gasteiger partial charge on any atom is 0.242 e. The molecule has 0 aromatic heterocycles. The van der Waals surface area contributed by atoms with Gasteiger partial charge in [0, 0.05) is 4.47 Å². The van der Waals surface area contributed by atoms with Crippen LogP contribution in [0.3, 0.4) is 0 Å². The number of nitrogens with one attached hydrogen (secondary N) is 2. The molecule has 0 fully saturated rings. The Hall–Kier alpha value is -1.90. The van der Waals surface area contributed by atoms with Crippen LogP contribution in [0.2, 0.25) is 0 Å². The van der Waals surface area contributed by atoms with Crippen LogP contribution in [0.4, 0.5) is 5.69 Å². The standard InChI is InChI=1S/C18H21BrN2O4S/c1-4-25-17-10-9-14(11-12(17)2)26(23,24)21-13(3)18(22)20-16-8-6-5-7-15(16)19/h5-11,13,21H,4H2,1-3H3,(H,20,22)/t13-/m1/s1. The number of halogens is 1. The van der Waals surface area contributed by atoms with Crippen LogP contribution in [0.5, 0.6) is 5.75 Å². The molecule has 8 heteroatoms. The molecule has 2 N–H and O–H groups in total. The van der Waals surface area contributed by atoms with E-state index in [-0.39, 0.29) is 4.90 Å². The van der Waals surface area contributed by atoms with Gasteiger partial charge in [-0.3, -0.25) is 4.79 Å². The Morgan fingerprint density at radius 1 is 1.23 bits per heavy atom. The minimum absolute atomic E-state index is 0.0824. The summed E-state index contributed by atoms with van der Waals surface area (Å²) >= 11 is 3.33. The Bertz CT molecular complexity index is 900. The quantitative estimate of drug-likeness (QED) is 0.690. The Morgan fingerprint density at radius 2 is 1.92 bits per heavy atom. The molecule has 1 amide bonds. The number of hydrogen-bond donors (Lipinski definition) is 2. The number of rotatable bonds is 7. The molecule has 0 saturated carbocycles. The predicted octanol–water partition coefficient (Wildman–Crippen LogP) is 3.46. The average molecular weight is 441 g/mol. The normalized spacial score (nSPS) is 12.5. The first kappa shape index (κ1) is 20.4. The monoisotopic (exact) mass is 440 g/mol. The third kappa shape index (κ3) is 5.06. The Kier molecular flexibility index (Phi) is 6.80. The van der Waals surface area contributed by atoms with E-state index in [0.29, 0.717) is 28.1 Å². The summed E-state index contributed by atoms with van der Waals surface area (Å²) in [5.74, 6) is 0.175. The van der Waals surface area contributed by atoms with E-state index in [1.807, 2.05) is 13.0 Å². The number of sulfonamides is 1. The molecule has 140 valence electrons. The molecule has 6 nitrogen and oxygen atoms in total. The zero-order valence-electron chi connectivity index (χ0n) is 14.7. The summed E-state index contributed by atoms with van der Waals surface area (Å²) in [6.45, 7) is 5.62. The minimum Gasteiger partial charge on any atom is -0.494 e. The van der Waals surface area contributed by atoms with E-state index >= 15 is 0 Å². The van der Waals surface area contributed by atoms with E-state index in [2.05, 4.69) is 26.0 Å². The number of hydrogen-bond acceptors (Lipinski definition) is 4. The van der Waals surface area contributed by atoms with E-state index < -0.39 is 22.0 Å². The predicted molar refractivity (Wildman–Crippen MR) is 105 cm³/mol. The molecular formula is C18H21BrN2O4S. The number of anilines is 1. The molecule has 0 heterocycles. The lowest BCUT2D eigenvalue weighted by molar-refractivity contribution is -0.117. The molecule has 2 aromatic rings. The highest BCUT2D eigenvalue weighted by atomic mass is 79.9. The molecule has 26 heavy (non-hydrogen) atoms. The van der Waals surface area contributed by atoms with Crippen LogP contribution < -0.4 is 14.8 Å². The third-order valence-corrected chi connectivity index (χ3v) is 5.84. The maximum absolute atomic E-state index is 12.5. The summed E-state index contributed by atoms with van der Waals surface area (Å²) in [4.78, 5) is 12.4. The van der Waals surface area contributed by atoms with Crippen molar-refractivity contribution in [3.05, 3.63) is 52.5 Å². The van der Waals surface area contributed by atoms with Crippen molar-refractivity contribution >= 4 is 37.5 Å². The zero-order chi connectivity index (χ0) is 19.3. The smallest absolute Gasteiger partial charge is 0.242 e. The molecule has 0 bridgehead atoms. The van der Waals surface area contributed by atoms with Crippen LogP contribution in [-0.4, -0.2) is 27.0 Å². The van der Waals surface area contributed by atoms with Crippen molar-refractivity contribution in [2.24, 2.45) is 0 Å². The topological polar surface area (TPSA) is 84.5 Å². The van der Waals surface area contributed by atoms with Crippen molar-refractivity contribution < 1.29 is 17.9 Å². The second-order valence-electron chi connectivity index (χ2n) is 5.67. The lowest BCUT2D eigenvalue weighted by Gasteiger charge is -2.16. The van der Waals surface area contributed by atoms with Gasteiger partial charge in [-0.05, 0) is 72.6 Å². The SMILES string of the molecule is CCOc1ccc(S(=O)(=O)N[C@H](C)C(=O)Nc2ccccc2Br)cc1C. The number of para-hydroxylation sites is 1. The lowest BCUT2D eigenvalue weighted by Crippen LogP contribution is -2.41. The molecular weight excluding hydrogens is 420 g/mol. The Labute approximate surface area is 162 Å². The molecule has 1 atom stereocenters. The molecule has 0 saturated heterocycles. The highest BCUT2D eigenvalue weighted by Gasteiger charge is 2.23. The summed E-state index contributed by atoms with van der Waals surface area (Å²) in [7, 11) is -3.84. The average Bonchev–Trinajstić information content (AvgIpc) is 2.58. The number of carbonyl (C=O) groups is 1. The Balaban J connectivity index is 2.11. The summed E-state index contributed by atoms with van der Waals surface area (Å²) in [6, 6.07) is 10.7. The van der Waals surface area contributed by atoms with E-state index in [1.54, 1.807) is 31.2 Å². The van der Waals surface area contributed by atoms with Crippen molar-refractivity contribution in [1.82, 2.24) is 4.72 Å². The van der Waals surface area contributed by atoms with Crippen molar-refractivity contribution in [3.8, 4) is 5.75 Å². The number of amides is 1. The summed E-state index contributed by atoms with van der Waals surface area (Å²) in [6.07, 6.45) is 0. The number of benzene rings is 2. The molecule has 0 aliphatic carbocycles. The summed E-state index contributed by atoms with van der Waals surface area (Å²) in [5.41, 5.74) is 1.28. The first-order chi connectivity index (χ1) is 12.2. The van der Waals surface area contributed by atoms with Crippen LogP contribution in [0, 0.1) is 6.92 Å². The van der Waals surface area contributed by atoms with Crippen molar-refractivity contribution in [2.45, 2.75) is 31.7 Å². The van der Waals surface area contributed by atoms with Crippen molar-refractivity contribution in [2.75, 3.05) is 11.9 Å². The lowest BCUT2D eigenvalue weighted by atomic mass is 10.2. The van der Waals surface area contributed by atoms with Crippen molar-refractivity contribution in [3.63, 3.8) is 0 Å². The molecule has 0 aliphatic rings.